The van der Waals surface area contributed by atoms with Crippen molar-refractivity contribution < 1.29 is 9.90 Å². The first-order valence-electron chi connectivity index (χ1n) is 5.74. The maximum atomic E-state index is 11.8. The van der Waals surface area contributed by atoms with E-state index in [1.807, 2.05) is 0 Å². The molecule has 0 aliphatic heterocycles. The highest BCUT2D eigenvalue weighted by Gasteiger charge is 2.06. The van der Waals surface area contributed by atoms with Gasteiger partial charge in [0.25, 0.3) is 5.91 Å². The number of amides is 1. The number of phenols is 1. The summed E-state index contributed by atoms with van der Waals surface area (Å²) in [6, 6.07) is 9.97. The Morgan fingerprint density at radius 2 is 1.90 bits per heavy atom. The number of halogens is 3. The van der Waals surface area contributed by atoms with Crippen molar-refractivity contribution in [2.45, 2.75) is 0 Å². The lowest BCUT2D eigenvalue weighted by molar-refractivity contribution is 0.0955. The minimum atomic E-state index is -0.348. The van der Waals surface area contributed by atoms with Gasteiger partial charge in [-0.25, -0.2) is 5.43 Å². The number of carbonyl (C=O) groups excluding carboxylic acids is 1. The van der Waals surface area contributed by atoms with Crippen LogP contribution in [0.1, 0.15) is 15.9 Å². The zero-order valence-corrected chi connectivity index (χ0v) is 14.4. The second-order valence-corrected chi connectivity index (χ2v) is 6.24. The molecule has 2 aromatic rings. The van der Waals surface area contributed by atoms with Crippen molar-refractivity contribution in [2.75, 3.05) is 0 Å². The molecule has 0 spiro atoms. The van der Waals surface area contributed by atoms with Gasteiger partial charge in [0, 0.05) is 20.6 Å². The van der Waals surface area contributed by atoms with E-state index in [1.54, 1.807) is 30.3 Å². The monoisotopic (exact) mass is 430 g/mol. The van der Waals surface area contributed by atoms with Gasteiger partial charge in [-0.3, -0.25) is 4.79 Å². The van der Waals surface area contributed by atoms with Crippen molar-refractivity contribution in [1.29, 1.82) is 0 Å². The highest BCUT2D eigenvalue weighted by Crippen LogP contribution is 2.30. The SMILES string of the molecule is O=C(N/N=C\c1cc(Cl)cc(Br)c1O)c1ccc(Br)cc1. The molecule has 0 bridgehead atoms. The van der Waals surface area contributed by atoms with Crippen molar-refractivity contribution in [3.8, 4) is 5.75 Å². The number of phenolic OH excluding ortho intramolecular Hbond substituents is 1. The van der Waals surface area contributed by atoms with Gasteiger partial charge in [0.1, 0.15) is 5.75 Å². The maximum Gasteiger partial charge on any atom is 0.271 e. The van der Waals surface area contributed by atoms with E-state index in [2.05, 4.69) is 42.4 Å². The lowest BCUT2D eigenvalue weighted by Crippen LogP contribution is -2.17. The summed E-state index contributed by atoms with van der Waals surface area (Å²) in [5.74, 6) is -0.347. The number of aromatic hydroxyl groups is 1. The number of rotatable bonds is 3. The van der Waals surface area contributed by atoms with Gasteiger partial charge in [0.2, 0.25) is 0 Å². The van der Waals surface area contributed by atoms with Gasteiger partial charge in [-0.1, -0.05) is 27.5 Å². The Morgan fingerprint density at radius 3 is 2.57 bits per heavy atom. The molecule has 2 aromatic carbocycles. The van der Waals surface area contributed by atoms with Crippen molar-refractivity contribution >= 4 is 55.6 Å². The molecule has 2 N–H and O–H groups in total. The maximum absolute atomic E-state index is 11.8. The average Bonchev–Trinajstić information content (AvgIpc) is 2.44. The Bertz CT molecular complexity index is 703. The Kier molecular flexibility index (Phi) is 5.39. The zero-order valence-electron chi connectivity index (χ0n) is 10.5. The molecule has 0 atom stereocenters. The molecule has 0 unspecified atom stereocenters. The van der Waals surface area contributed by atoms with E-state index in [0.29, 0.717) is 20.6 Å². The highest BCUT2D eigenvalue weighted by molar-refractivity contribution is 9.10. The van der Waals surface area contributed by atoms with Crippen LogP contribution in [0.3, 0.4) is 0 Å². The van der Waals surface area contributed by atoms with Crippen molar-refractivity contribution in [1.82, 2.24) is 5.43 Å². The summed E-state index contributed by atoms with van der Waals surface area (Å²) in [7, 11) is 0. The first kappa shape index (κ1) is 16.0. The summed E-state index contributed by atoms with van der Waals surface area (Å²) in [5.41, 5.74) is 3.25. The van der Waals surface area contributed by atoms with Crippen LogP contribution < -0.4 is 5.43 Å². The van der Waals surface area contributed by atoms with Crippen molar-refractivity contribution in [3.63, 3.8) is 0 Å². The third kappa shape index (κ3) is 4.30. The molecule has 1 amide bonds. The molecule has 0 fully saturated rings. The molecule has 7 heteroatoms. The Balaban J connectivity index is 2.09. The van der Waals surface area contributed by atoms with Crippen LogP contribution in [0.4, 0.5) is 0 Å². The van der Waals surface area contributed by atoms with Crippen LogP contribution in [0.2, 0.25) is 5.02 Å². The standard InChI is InChI=1S/C14H9Br2ClN2O2/c15-10-3-1-8(2-4-10)14(21)19-18-7-9-5-11(17)6-12(16)13(9)20/h1-7,20H,(H,19,21)/b18-7-. The fourth-order valence-corrected chi connectivity index (χ4v) is 2.61. The Labute approximate surface area is 143 Å². The molecule has 0 saturated heterocycles. The van der Waals surface area contributed by atoms with Gasteiger partial charge in [-0.2, -0.15) is 5.10 Å². The third-order valence-electron chi connectivity index (χ3n) is 2.53. The van der Waals surface area contributed by atoms with E-state index in [-0.39, 0.29) is 11.7 Å². The summed E-state index contributed by atoms with van der Waals surface area (Å²) >= 11 is 12.3. The Hall–Kier alpha value is -1.37. The number of carbonyl (C=O) groups is 1. The molecular weight excluding hydrogens is 423 g/mol. The summed E-state index contributed by atoms with van der Waals surface area (Å²) in [6.07, 6.45) is 1.32. The number of benzene rings is 2. The third-order valence-corrected chi connectivity index (χ3v) is 3.89. The largest absolute Gasteiger partial charge is 0.506 e. The molecule has 0 radical (unpaired) electrons. The molecule has 108 valence electrons. The summed E-state index contributed by atoms with van der Waals surface area (Å²) in [5, 5.41) is 14.1. The first-order valence-corrected chi connectivity index (χ1v) is 7.71. The number of hydrazone groups is 1. The van der Waals surface area contributed by atoms with E-state index in [1.165, 1.54) is 12.3 Å². The van der Waals surface area contributed by atoms with Gasteiger partial charge < -0.3 is 5.11 Å². The van der Waals surface area contributed by atoms with Crippen molar-refractivity contribution in [2.24, 2.45) is 5.10 Å². The van der Waals surface area contributed by atoms with Crippen LogP contribution in [0.5, 0.6) is 5.75 Å². The fraction of sp³-hybridized carbons (Fsp3) is 0. The van der Waals surface area contributed by atoms with Gasteiger partial charge in [0.05, 0.1) is 10.7 Å². The Morgan fingerprint density at radius 1 is 1.24 bits per heavy atom. The van der Waals surface area contributed by atoms with Gasteiger partial charge in [-0.15, -0.1) is 0 Å². The quantitative estimate of drug-likeness (QED) is 0.560. The normalized spacial score (nSPS) is 10.8. The van der Waals surface area contributed by atoms with E-state index >= 15 is 0 Å². The molecular formula is C14H9Br2ClN2O2. The molecule has 21 heavy (non-hydrogen) atoms. The van der Waals surface area contributed by atoms with Crippen LogP contribution in [0.15, 0.2) is 50.4 Å². The van der Waals surface area contributed by atoms with E-state index in [0.717, 1.165) is 4.47 Å². The van der Waals surface area contributed by atoms with Crippen LogP contribution in [-0.2, 0) is 0 Å². The van der Waals surface area contributed by atoms with E-state index in [9.17, 15) is 9.90 Å². The second kappa shape index (κ2) is 7.06. The topological polar surface area (TPSA) is 61.7 Å². The molecule has 0 heterocycles. The average molecular weight is 432 g/mol. The van der Waals surface area contributed by atoms with E-state index < -0.39 is 0 Å². The number of hydrogen-bond acceptors (Lipinski definition) is 3. The summed E-state index contributed by atoms with van der Waals surface area (Å²) in [4.78, 5) is 11.8. The summed E-state index contributed by atoms with van der Waals surface area (Å²) in [6.45, 7) is 0. The second-order valence-electron chi connectivity index (χ2n) is 4.03. The van der Waals surface area contributed by atoms with Crippen LogP contribution in [-0.4, -0.2) is 17.2 Å². The molecule has 4 nitrogen and oxygen atoms in total. The summed E-state index contributed by atoms with van der Waals surface area (Å²) < 4.78 is 1.34. The predicted octanol–water partition coefficient (Wildman–Crippen LogP) is 4.33. The van der Waals surface area contributed by atoms with Crippen LogP contribution >= 0.6 is 43.5 Å². The van der Waals surface area contributed by atoms with Crippen molar-refractivity contribution in [3.05, 3.63) is 61.5 Å². The highest BCUT2D eigenvalue weighted by atomic mass is 79.9. The first-order chi connectivity index (χ1) is 9.97. The fourth-order valence-electron chi connectivity index (χ4n) is 1.51. The van der Waals surface area contributed by atoms with Crippen LogP contribution in [0.25, 0.3) is 0 Å². The number of nitrogens with zero attached hydrogens (tertiary/aromatic N) is 1. The predicted molar refractivity (Wildman–Crippen MR) is 90.0 cm³/mol. The lowest BCUT2D eigenvalue weighted by atomic mass is 10.2. The van der Waals surface area contributed by atoms with E-state index in [4.69, 9.17) is 11.6 Å². The minimum Gasteiger partial charge on any atom is -0.506 e. The molecule has 0 aliphatic rings. The van der Waals surface area contributed by atoms with Gasteiger partial charge in [0.15, 0.2) is 0 Å². The smallest absolute Gasteiger partial charge is 0.271 e. The molecule has 0 aromatic heterocycles. The molecule has 0 saturated carbocycles. The number of hydrogen-bond donors (Lipinski definition) is 2. The number of nitrogens with one attached hydrogen (secondary N) is 1. The molecule has 0 aliphatic carbocycles. The van der Waals surface area contributed by atoms with Gasteiger partial charge in [-0.05, 0) is 52.3 Å². The van der Waals surface area contributed by atoms with Crippen LogP contribution in [0, 0.1) is 0 Å². The minimum absolute atomic E-state index is 0.000964. The molecule has 2 rings (SSSR count). The lowest BCUT2D eigenvalue weighted by Gasteiger charge is -2.03. The van der Waals surface area contributed by atoms with Gasteiger partial charge >= 0.3 is 0 Å². The zero-order chi connectivity index (χ0) is 15.4.